The zero-order valence-electron chi connectivity index (χ0n) is 16.5. The lowest BCUT2D eigenvalue weighted by Crippen LogP contribution is -2.14. The van der Waals surface area contributed by atoms with Crippen LogP contribution in [0.15, 0.2) is 53.5 Å². The lowest BCUT2D eigenvalue weighted by Gasteiger charge is -2.09. The van der Waals surface area contributed by atoms with Crippen molar-refractivity contribution in [3.8, 4) is 16.8 Å². The third-order valence-corrected chi connectivity index (χ3v) is 5.06. The number of hydrogen-bond acceptors (Lipinski definition) is 5. The molecule has 4 aromatic rings. The smallest absolute Gasteiger partial charge is 0.293 e. The molecule has 1 amide bonds. The quantitative estimate of drug-likeness (QED) is 0.365. The molecule has 156 valence electrons. The fourth-order valence-electron chi connectivity index (χ4n) is 3.43. The summed E-state index contributed by atoms with van der Waals surface area (Å²) in [6.45, 7) is 3.02. The molecule has 2 aromatic heterocycles. The lowest BCUT2D eigenvalue weighted by atomic mass is 10.0. The number of halogens is 1. The predicted molar refractivity (Wildman–Crippen MR) is 118 cm³/mol. The Balaban J connectivity index is 1.95. The van der Waals surface area contributed by atoms with Crippen LogP contribution in [-0.4, -0.2) is 25.6 Å². The first-order valence-corrected chi connectivity index (χ1v) is 9.56. The van der Waals surface area contributed by atoms with Crippen molar-refractivity contribution in [1.29, 1.82) is 0 Å². The van der Waals surface area contributed by atoms with Crippen LogP contribution in [0.2, 0.25) is 5.02 Å². The van der Waals surface area contributed by atoms with Gasteiger partial charge in [0.25, 0.3) is 11.2 Å². The lowest BCUT2D eigenvalue weighted by molar-refractivity contribution is -0.383. The second kappa shape index (κ2) is 7.69. The van der Waals surface area contributed by atoms with Gasteiger partial charge in [-0.2, -0.15) is 0 Å². The molecule has 0 spiro atoms. The highest BCUT2D eigenvalue weighted by atomic mass is 35.5. The number of pyridine rings is 1. The van der Waals surface area contributed by atoms with Crippen LogP contribution in [0, 0.1) is 17.0 Å². The summed E-state index contributed by atoms with van der Waals surface area (Å²) in [6.07, 6.45) is 1.47. The van der Waals surface area contributed by atoms with E-state index in [4.69, 9.17) is 11.6 Å². The first-order valence-electron chi connectivity index (χ1n) is 9.19. The third kappa shape index (κ3) is 3.66. The van der Waals surface area contributed by atoms with Gasteiger partial charge in [0.1, 0.15) is 5.69 Å². The van der Waals surface area contributed by atoms with E-state index in [1.807, 2.05) is 0 Å². The zero-order chi connectivity index (χ0) is 22.3. The van der Waals surface area contributed by atoms with E-state index >= 15 is 0 Å². The van der Waals surface area contributed by atoms with Gasteiger partial charge >= 0.3 is 0 Å². The molecule has 2 heterocycles. The number of nitro benzene ring substituents is 1. The van der Waals surface area contributed by atoms with Crippen molar-refractivity contribution in [2.75, 3.05) is 5.32 Å². The largest absolute Gasteiger partial charge is 0.321 e. The molecular formula is C21H16ClN5O4. The van der Waals surface area contributed by atoms with E-state index in [0.717, 1.165) is 0 Å². The average molecular weight is 438 g/mol. The molecule has 0 unspecified atom stereocenters. The fourth-order valence-corrected chi connectivity index (χ4v) is 3.55. The molecule has 0 fully saturated rings. The predicted octanol–water partition coefficient (Wildman–Crippen LogP) is 4.21. The minimum Gasteiger partial charge on any atom is -0.321 e. The minimum atomic E-state index is -0.570. The Labute approximate surface area is 180 Å². The number of carbonyl (C=O) groups is 1. The van der Waals surface area contributed by atoms with Crippen LogP contribution in [0.3, 0.4) is 0 Å². The van der Waals surface area contributed by atoms with E-state index in [2.05, 4.69) is 15.4 Å². The molecule has 2 aromatic carbocycles. The van der Waals surface area contributed by atoms with Crippen LogP contribution in [0.1, 0.15) is 12.6 Å². The highest BCUT2D eigenvalue weighted by Gasteiger charge is 2.20. The van der Waals surface area contributed by atoms with E-state index in [1.54, 1.807) is 37.3 Å². The average Bonchev–Trinajstić information content (AvgIpc) is 3.05. The number of H-pyrrole nitrogens is 1. The number of amides is 1. The van der Waals surface area contributed by atoms with Gasteiger partial charge in [0.05, 0.1) is 21.5 Å². The summed E-state index contributed by atoms with van der Waals surface area (Å²) >= 11 is 5.94. The second-order valence-electron chi connectivity index (χ2n) is 6.91. The van der Waals surface area contributed by atoms with Crippen molar-refractivity contribution in [2.24, 2.45) is 0 Å². The SMILES string of the molecule is CC(=O)Nc1ccc(-c2c(C)ncc3c(=O)n(-c4ccc(Cl)cc4)[nH]c23)cc1[N+](=O)[O-]. The summed E-state index contributed by atoms with van der Waals surface area (Å²) in [7, 11) is 0. The standard InChI is InChI=1S/C21H16ClN5O4/c1-11-19(13-3-8-17(24-12(2)28)18(9-13)27(30)31)20-16(10-23-11)21(29)26(25-20)15-6-4-14(22)5-7-15/h3-10,25H,1-2H3,(H,24,28). The molecule has 10 heteroatoms. The number of aromatic nitrogens is 3. The van der Waals surface area contributed by atoms with Gasteiger partial charge < -0.3 is 5.32 Å². The molecular weight excluding hydrogens is 422 g/mol. The highest BCUT2D eigenvalue weighted by molar-refractivity contribution is 6.30. The van der Waals surface area contributed by atoms with E-state index in [-0.39, 0.29) is 16.9 Å². The number of carbonyl (C=O) groups excluding carboxylic acids is 1. The van der Waals surface area contributed by atoms with Crippen LogP contribution in [-0.2, 0) is 4.79 Å². The molecule has 0 saturated heterocycles. The number of aromatic amines is 1. The molecule has 0 saturated carbocycles. The monoisotopic (exact) mass is 437 g/mol. The Morgan fingerprint density at radius 1 is 1.23 bits per heavy atom. The molecule has 31 heavy (non-hydrogen) atoms. The first-order chi connectivity index (χ1) is 14.8. The number of hydrogen-bond donors (Lipinski definition) is 2. The van der Waals surface area contributed by atoms with Gasteiger partial charge in [-0.1, -0.05) is 17.7 Å². The summed E-state index contributed by atoms with van der Waals surface area (Å²) in [4.78, 5) is 39.7. The van der Waals surface area contributed by atoms with E-state index in [1.165, 1.54) is 29.9 Å². The number of aryl methyl sites for hydroxylation is 1. The van der Waals surface area contributed by atoms with Crippen LogP contribution >= 0.6 is 11.6 Å². The van der Waals surface area contributed by atoms with Gasteiger partial charge in [-0.05, 0) is 42.8 Å². The number of nitro groups is 1. The number of nitrogens with zero attached hydrogens (tertiary/aromatic N) is 3. The van der Waals surface area contributed by atoms with Gasteiger partial charge in [0.2, 0.25) is 5.91 Å². The first kappa shape index (κ1) is 20.3. The number of rotatable bonds is 4. The van der Waals surface area contributed by atoms with Crippen LogP contribution in [0.5, 0.6) is 0 Å². The van der Waals surface area contributed by atoms with Crippen molar-refractivity contribution in [2.45, 2.75) is 13.8 Å². The van der Waals surface area contributed by atoms with E-state index < -0.39 is 10.8 Å². The fraction of sp³-hybridized carbons (Fsp3) is 0.0952. The summed E-state index contributed by atoms with van der Waals surface area (Å²) in [6, 6.07) is 11.2. The van der Waals surface area contributed by atoms with Crippen molar-refractivity contribution >= 4 is 39.8 Å². The van der Waals surface area contributed by atoms with Crippen LogP contribution < -0.4 is 10.9 Å². The number of nitrogens with one attached hydrogen (secondary N) is 2. The Bertz CT molecular complexity index is 1410. The maximum atomic E-state index is 13.0. The van der Waals surface area contributed by atoms with Crippen molar-refractivity contribution in [1.82, 2.24) is 14.8 Å². The van der Waals surface area contributed by atoms with Gasteiger partial charge in [0.15, 0.2) is 0 Å². The number of anilines is 1. The second-order valence-corrected chi connectivity index (χ2v) is 7.34. The molecule has 0 radical (unpaired) electrons. The molecule has 0 bridgehead atoms. The molecule has 0 aliphatic rings. The number of benzene rings is 2. The van der Waals surface area contributed by atoms with Crippen molar-refractivity contribution < 1.29 is 9.72 Å². The molecule has 4 rings (SSSR count). The summed E-state index contributed by atoms with van der Waals surface area (Å²) in [5, 5.41) is 18.0. The van der Waals surface area contributed by atoms with E-state index in [9.17, 15) is 19.7 Å². The Morgan fingerprint density at radius 2 is 1.94 bits per heavy atom. The molecule has 9 nitrogen and oxygen atoms in total. The highest BCUT2D eigenvalue weighted by Crippen LogP contribution is 2.34. The summed E-state index contributed by atoms with van der Waals surface area (Å²) in [5.74, 6) is -0.417. The van der Waals surface area contributed by atoms with Crippen molar-refractivity contribution in [3.05, 3.63) is 79.8 Å². The molecule has 0 aliphatic carbocycles. The topological polar surface area (TPSA) is 123 Å². The maximum absolute atomic E-state index is 13.0. The van der Waals surface area contributed by atoms with Gasteiger partial charge in [0, 0.05) is 35.5 Å². The van der Waals surface area contributed by atoms with Crippen LogP contribution in [0.4, 0.5) is 11.4 Å². The van der Waals surface area contributed by atoms with Gasteiger partial charge in [-0.15, -0.1) is 0 Å². The molecule has 2 N–H and O–H groups in total. The summed E-state index contributed by atoms with van der Waals surface area (Å²) < 4.78 is 1.37. The Hall–Kier alpha value is -3.98. The maximum Gasteiger partial charge on any atom is 0.293 e. The number of fused-ring (bicyclic) bond motifs is 1. The zero-order valence-corrected chi connectivity index (χ0v) is 17.2. The summed E-state index contributed by atoms with van der Waals surface area (Å²) in [5.41, 5.74) is 2.22. The van der Waals surface area contributed by atoms with Crippen LogP contribution in [0.25, 0.3) is 27.7 Å². The van der Waals surface area contributed by atoms with Gasteiger partial charge in [-0.25, -0.2) is 4.68 Å². The molecule has 0 aliphatic heterocycles. The minimum absolute atomic E-state index is 0.0891. The van der Waals surface area contributed by atoms with Crippen molar-refractivity contribution in [3.63, 3.8) is 0 Å². The Morgan fingerprint density at radius 3 is 2.58 bits per heavy atom. The van der Waals surface area contributed by atoms with E-state index in [0.29, 0.717) is 38.4 Å². The molecule has 0 atom stereocenters. The Kier molecular flexibility index (Phi) is 5.04. The van der Waals surface area contributed by atoms with Gasteiger partial charge in [-0.3, -0.25) is 29.8 Å². The third-order valence-electron chi connectivity index (χ3n) is 4.80. The normalized spacial score (nSPS) is 10.9.